The standard InChI is InChI=1S/C29H26ClN3O5S2/c1-2-18-5-7-20(8-6-18)26-25(19-9-13-22(30)14-10-19)31-29(39-26)32-27(34)21-11-15-23(16-12-21)40(37,38)33-17-3-4-24(33)28(35)36/h5-16,24H,2-4,17H2,1H3,(H,35,36)(H,31,32,34)/t24-/m0/s1. The van der Waals surface area contributed by atoms with Gasteiger partial charge in [-0.1, -0.05) is 66.3 Å². The Morgan fingerprint density at radius 3 is 2.30 bits per heavy atom. The van der Waals surface area contributed by atoms with Crippen molar-refractivity contribution in [1.29, 1.82) is 0 Å². The van der Waals surface area contributed by atoms with E-state index < -0.39 is 27.9 Å². The quantitative estimate of drug-likeness (QED) is 0.251. The smallest absolute Gasteiger partial charge is 0.322 e. The molecular weight excluding hydrogens is 570 g/mol. The summed E-state index contributed by atoms with van der Waals surface area (Å²) in [5.74, 6) is -1.61. The monoisotopic (exact) mass is 595 g/mol. The number of hydrogen-bond donors (Lipinski definition) is 2. The molecule has 1 fully saturated rings. The van der Waals surface area contributed by atoms with Crippen LogP contribution in [0.25, 0.3) is 21.7 Å². The number of carbonyl (C=O) groups excluding carboxylic acids is 1. The Morgan fingerprint density at radius 2 is 1.68 bits per heavy atom. The van der Waals surface area contributed by atoms with Crippen LogP contribution in [0.4, 0.5) is 5.13 Å². The van der Waals surface area contributed by atoms with Gasteiger partial charge in [-0.15, -0.1) is 0 Å². The molecule has 4 aromatic rings. The summed E-state index contributed by atoms with van der Waals surface area (Å²) in [5, 5.41) is 13.2. The summed E-state index contributed by atoms with van der Waals surface area (Å²) in [4.78, 5) is 30.1. The summed E-state index contributed by atoms with van der Waals surface area (Å²) in [6.07, 6.45) is 1.67. The highest BCUT2D eigenvalue weighted by molar-refractivity contribution is 7.89. The van der Waals surface area contributed by atoms with E-state index in [9.17, 15) is 23.1 Å². The van der Waals surface area contributed by atoms with Crippen LogP contribution in [0, 0.1) is 0 Å². The Balaban J connectivity index is 1.40. The van der Waals surface area contributed by atoms with Crippen LogP contribution in [0.2, 0.25) is 5.02 Å². The molecule has 1 aliphatic heterocycles. The Morgan fingerprint density at radius 1 is 1.02 bits per heavy atom. The second-order valence-corrected chi connectivity index (χ2v) is 12.7. The van der Waals surface area contributed by atoms with Gasteiger partial charge in [-0.25, -0.2) is 13.4 Å². The number of halogens is 1. The number of sulfonamides is 1. The van der Waals surface area contributed by atoms with Crippen LogP contribution in [-0.4, -0.2) is 47.3 Å². The molecule has 0 bridgehead atoms. The number of hydrogen-bond acceptors (Lipinski definition) is 6. The summed E-state index contributed by atoms with van der Waals surface area (Å²) >= 11 is 7.43. The number of benzene rings is 3. The van der Waals surface area contributed by atoms with E-state index in [0.717, 1.165) is 26.7 Å². The maximum Gasteiger partial charge on any atom is 0.322 e. The number of aryl methyl sites for hydroxylation is 1. The molecule has 3 aromatic carbocycles. The number of nitrogens with one attached hydrogen (secondary N) is 1. The number of carboxylic acid groups (broad SMARTS) is 1. The van der Waals surface area contributed by atoms with Crippen LogP contribution < -0.4 is 5.32 Å². The molecule has 11 heteroatoms. The Kier molecular flexibility index (Phi) is 8.04. The molecule has 5 rings (SSSR count). The first-order valence-electron chi connectivity index (χ1n) is 12.7. The molecular formula is C29H26ClN3O5S2. The van der Waals surface area contributed by atoms with Crippen molar-refractivity contribution in [2.24, 2.45) is 0 Å². The lowest BCUT2D eigenvalue weighted by molar-refractivity contribution is -0.140. The van der Waals surface area contributed by atoms with Gasteiger partial charge in [0, 0.05) is 22.7 Å². The predicted molar refractivity (Wildman–Crippen MR) is 156 cm³/mol. The van der Waals surface area contributed by atoms with Crippen molar-refractivity contribution in [3.05, 3.63) is 88.9 Å². The van der Waals surface area contributed by atoms with Crippen molar-refractivity contribution in [3.63, 3.8) is 0 Å². The van der Waals surface area contributed by atoms with Crippen LogP contribution in [0.1, 0.15) is 35.7 Å². The minimum absolute atomic E-state index is 0.0608. The average molecular weight is 596 g/mol. The van der Waals surface area contributed by atoms with E-state index in [1.807, 2.05) is 24.3 Å². The maximum absolute atomic E-state index is 13.1. The van der Waals surface area contributed by atoms with E-state index in [1.165, 1.54) is 41.2 Å². The van der Waals surface area contributed by atoms with Crippen LogP contribution in [0.3, 0.4) is 0 Å². The van der Waals surface area contributed by atoms with E-state index in [-0.39, 0.29) is 23.4 Å². The SMILES string of the molecule is CCc1ccc(-c2sc(NC(=O)c3ccc(S(=O)(=O)N4CCC[C@H]4C(=O)O)cc3)nc2-c2ccc(Cl)cc2)cc1. The number of amides is 1. The van der Waals surface area contributed by atoms with E-state index in [2.05, 4.69) is 24.4 Å². The van der Waals surface area contributed by atoms with Crippen molar-refractivity contribution in [3.8, 4) is 21.7 Å². The Labute approximate surface area is 241 Å². The molecule has 206 valence electrons. The summed E-state index contributed by atoms with van der Waals surface area (Å²) in [6, 6.07) is 19.9. The molecule has 0 spiro atoms. The van der Waals surface area contributed by atoms with Gasteiger partial charge in [0.15, 0.2) is 5.13 Å². The number of carbonyl (C=O) groups is 2. The minimum Gasteiger partial charge on any atom is -0.480 e. The first-order chi connectivity index (χ1) is 19.2. The maximum atomic E-state index is 13.1. The third-order valence-corrected chi connectivity index (χ3v) is 10.00. The largest absolute Gasteiger partial charge is 0.480 e. The Hall–Kier alpha value is -3.57. The van der Waals surface area contributed by atoms with E-state index in [1.54, 1.807) is 12.1 Å². The molecule has 0 saturated carbocycles. The highest BCUT2D eigenvalue weighted by Crippen LogP contribution is 2.39. The highest BCUT2D eigenvalue weighted by Gasteiger charge is 2.39. The van der Waals surface area contributed by atoms with Gasteiger partial charge in [-0.3, -0.25) is 14.9 Å². The van der Waals surface area contributed by atoms with Gasteiger partial charge in [0.1, 0.15) is 6.04 Å². The number of carboxylic acids is 1. The second-order valence-electron chi connectivity index (χ2n) is 9.34. The van der Waals surface area contributed by atoms with Crippen molar-refractivity contribution < 1.29 is 23.1 Å². The van der Waals surface area contributed by atoms with Crippen molar-refractivity contribution in [1.82, 2.24) is 9.29 Å². The molecule has 0 radical (unpaired) electrons. The molecule has 2 N–H and O–H groups in total. The molecule has 1 amide bonds. The molecule has 40 heavy (non-hydrogen) atoms. The summed E-state index contributed by atoms with van der Waals surface area (Å²) in [7, 11) is -4.00. The van der Waals surface area contributed by atoms with Crippen molar-refractivity contribution >= 4 is 50.0 Å². The predicted octanol–water partition coefficient (Wildman–Crippen LogP) is 6.18. The van der Waals surface area contributed by atoms with Gasteiger partial charge in [0.25, 0.3) is 5.91 Å². The van der Waals surface area contributed by atoms with Gasteiger partial charge >= 0.3 is 5.97 Å². The number of rotatable bonds is 8. The zero-order chi connectivity index (χ0) is 28.4. The molecule has 0 aliphatic carbocycles. The lowest BCUT2D eigenvalue weighted by Gasteiger charge is -2.21. The van der Waals surface area contributed by atoms with Gasteiger partial charge in [-0.2, -0.15) is 4.31 Å². The number of aliphatic carboxylic acids is 1. The third kappa shape index (κ3) is 5.66. The summed E-state index contributed by atoms with van der Waals surface area (Å²) in [6.45, 7) is 2.24. The van der Waals surface area contributed by atoms with E-state index in [4.69, 9.17) is 16.6 Å². The molecule has 1 aliphatic rings. The van der Waals surface area contributed by atoms with Crippen LogP contribution >= 0.6 is 22.9 Å². The first kappa shape index (κ1) is 28.0. The minimum atomic E-state index is -4.00. The zero-order valence-electron chi connectivity index (χ0n) is 21.5. The molecule has 1 saturated heterocycles. The lowest BCUT2D eigenvalue weighted by atomic mass is 10.0. The second kappa shape index (κ2) is 11.5. The zero-order valence-corrected chi connectivity index (χ0v) is 23.9. The van der Waals surface area contributed by atoms with Crippen LogP contribution in [0.5, 0.6) is 0 Å². The fourth-order valence-electron chi connectivity index (χ4n) is 4.62. The highest BCUT2D eigenvalue weighted by atomic mass is 35.5. The topological polar surface area (TPSA) is 117 Å². The summed E-state index contributed by atoms with van der Waals surface area (Å²) < 4.78 is 27.1. The van der Waals surface area contributed by atoms with Gasteiger partial charge < -0.3 is 5.11 Å². The van der Waals surface area contributed by atoms with E-state index in [0.29, 0.717) is 22.3 Å². The molecule has 0 unspecified atom stereocenters. The van der Waals surface area contributed by atoms with Crippen LogP contribution in [-0.2, 0) is 21.2 Å². The van der Waals surface area contributed by atoms with E-state index >= 15 is 0 Å². The average Bonchev–Trinajstić information content (AvgIpc) is 3.62. The fraction of sp³-hybridized carbons (Fsp3) is 0.207. The summed E-state index contributed by atoms with van der Waals surface area (Å²) in [5.41, 5.74) is 3.99. The number of aromatic nitrogens is 1. The van der Waals surface area contributed by atoms with Gasteiger partial charge in [0.05, 0.1) is 15.5 Å². The number of nitrogens with zero attached hydrogens (tertiary/aromatic N) is 2. The van der Waals surface area contributed by atoms with Gasteiger partial charge in [0.2, 0.25) is 10.0 Å². The van der Waals surface area contributed by atoms with Crippen molar-refractivity contribution in [2.45, 2.75) is 37.1 Å². The third-order valence-electron chi connectivity index (χ3n) is 6.80. The van der Waals surface area contributed by atoms with Gasteiger partial charge in [-0.05, 0) is 66.8 Å². The Bertz CT molecular complexity index is 1650. The lowest BCUT2D eigenvalue weighted by Crippen LogP contribution is -2.40. The molecule has 1 aromatic heterocycles. The first-order valence-corrected chi connectivity index (χ1v) is 15.3. The number of thiazole rings is 1. The normalized spacial score (nSPS) is 15.7. The van der Waals surface area contributed by atoms with Crippen LogP contribution in [0.15, 0.2) is 77.7 Å². The van der Waals surface area contributed by atoms with Crippen molar-refractivity contribution in [2.75, 3.05) is 11.9 Å². The molecule has 2 heterocycles. The fourth-order valence-corrected chi connectivity index (χ4v) is 7.39. The molecule has 8 nitrogen and oxygen atoms in total. The molecule has 1 atom stereocenters. The number of anilines is 1.